The van der Waals surface area contributed by atoms with E-state index in [1.165, 1.54) is 12.1 Å². The normalized spacial score (nSPS) is 16.2. The SMILES string of the molecule is CC1(NS(=O)(=O)c2ccc3c(Cc4ccc(F)cc4)[nH]nc3c2)CC1. The van der Waals surface area contributed by atoms with Gasteiger partial charge in [-0.2, -0.15) is 5.10 Å². The molecule has 0 bridgehead atoms. The maximum absolute atomic E-state index is 13.0. The predicted octanol–water partition coefficient (Wildman–Crippen LogP) is 3.12. The summed E-state index contributed by atoms with van der Waals surface area (Å²) in [6.45, 7) is 1.90. The molecule has 3 aromatic rings. The number of aromatic amines is 1. The first-order valence-corrected chi connectivity index (χ1v) is 9.58. The average Bonchev–Trinajstić information content (AvgIpc) is 3.15. The summed E-state index contributed by atoms with van der Waals surface area (Å²) < 4.78 is 40.7. The highest BCUT2D eigenvalue weighted by molar-refractivity contribution is 7.89. The Labute approximate surface area is 145 Å². The number of sulfonamides is 1. The minimum Gasteiger partial charge on any atom is -0.281 e. The summed E-state index contributed by atoms with van der Waals surface area (Å²) >= 11 is 0. The van der Waals surface area contributed by atoms with Gasteiger partial charge >= 0.3 is 0 Å². The van der Waals surface area contributed by atoms with Crippen LogP contribution in [-0.2, 0) is 16.4 Å². The zero-order valence-electron chi connectivity index (χ0n) is 13.7. The zero-order chi connectivity index (χ0) is 17.7. The molecule has 5 nitrogen and oxygen atoms in total. The summed E-state index contributed by atoms with van der Waals surface area (Å²) in [5, 5.41) is 8.05. The van der Waals surface area contributed by atoms with Crippen molar-refractivity contribution in [1.82, 2.24) is 14.9 Å². The van der Waals surface area contributed by atoms with Crippen LogP contribution in [0.25, 0.3) is 10.9 Å². The van der Waals surface area contributed by atoms with Crippen molar-refractivity contribution in [2.45, 2.75) is 36.6 Å². The van der Waals surface area contributed by atoms with Crippen molar-refractivity contribution in [3.8, 4) is 0 Å². The van der Waals surface area contributed by atoms with Gasteiger partial charge in [-0.1, -0.05) is 12.1 Å². The number of rotatable bonds is 5. The van der Waals surface area contributed by atoms with Gasteiger partial charge in [-0.25, -0.2) is 17.5 Å². The summed E-state index contributed by atoms with van der Waals surface area (Å²) in [6, 6.07) is 11.2. The maximum atomic E-state index is 13.0. The van der Waals surface area contributed by atoms with Gasteiger partial charge in [0.05, 0.1) is 10.4 Å². The summed E-state index contributed by atoms with van der Waals surface area (Å²) in [7, 11) is -3.55. The first-order chi connectivity index (χ1) is 11.8. The molecule has 0 radical (unpaired) electrons. The molecule has 0 atom stereocenters. The van der Waals surface area contributed by atoms with Crippen molar-refractivity contribution in [2.75, 3.05) is 0 Å². The van der Waals surface area contributed by atoms with Crippen molar-refractivity contribution in [3.05, 3.63) is 59.5 Å². The number of hydrogen-bond donors (Lipinski definition) is 2. The lowest BCUT2D eigenvalue weighted by atomic mass is 10.1. The minimum atomic E-state index is -3.55. The number of aromatic nitrogens is 2. The van der Waals surface area contributed by atoms with Crippen molar-refractivity contribution < 1.29 is 12.8 Å². The maximum Gasteiger partial charge on any atom is 0.241 e. The third-order valence-corrected chi connectivity index (χ3v) is 6.23. The molecule has 1 aliphatic rings. The van der Waals surface area contributed by atoms with Gasteiger partial charge in [0.1, 0.15) is 5.82 Å². The molecule has 1 saturated carbocycles. The highest BCUT2D eigenvalue weighted by atomic mass is 32.2. The van der Waals surface area contributed by atoms with Gasteiger partial charge in [0.25, 0.3) is 0 Å². The molecular weight excluding hydrogens is 341 g/mol. The summed E-state index contributed by atoms with van der Waals surface area (Å²) in [5.41, 5.74) is 2.10. The smallest absolute Gasteiger partial charge is 0.241 e. The Kier molecular flexibility index (Phi) is 3.66. The lowest BCUT2D eigenvalue weighted by Gasteiger charge is -2.12. The topological polar surface area (TPSA) is 74.8 Å². The van der Waals surface area contributed by atoms with Gasteiger partial charge in [0.2, 0.25) is 10.0 Å². The number of nitrogens with one attached hydrogen (secondary N) is 2. The standard InChI is InChI=1S/C18H18FN3O2S/c1-18(8-9-18)22-25(23,24)14-6-7-15-16(20-21-17(15)11-14)10-12-2-4-13(19)5-3-12/h2-7,11,22H,8-10H2,1H3,(H,20,21). The van der Waals surface area contributed by atoms with Crippen LogP contribution in [0.15, 0.2) is 47.4 Å². The van der Waals surface area contributed by atoms with Crippen LogP contribution in [0, 0.1) is 5.82 Å². The first-order valence-electron chi connectivity index (χ1n) is 8.10. The molecule has 7 heteroatoms. The Bertz CT molecular complexity index is 1040. The van der Waals surface area contributed by atoms with E-state index in [-0.39, 0.29) is 16.3 Å². The van der Waals surface area contributed by atoms with Crippen molar-refractivity contribution >= 4 is 20.9 Å². The van der Waals surface area contributed by atoms with E-state index < -0.39 is 10.0 Å². The largest absolute Gasteiger partial charge is 0.281 e. The highest BCUT2D eigenvalue weighted by Gasteiger charge is 2.41. The van der Waals surface area contributed by atoms with Gasteiger partial charge in [0, 0.05) is 23.0 Å². The van der Waals surface area contributed by atoms with Crippen LogP contribution >= 0.6 is 0 Å². The number of benzene rings is 2. The Morgan fingerprint density at radius 1 is 1.20 bits per heavy atom. The van der Waals surface area contributed by atoms with Crippen LogP contribution in [0.4, 0.5) is 4.39 Å². The van der Waals surface area contributed by atoms with E-state index >= 15 is 0 Å². The van der Waals surface area contributed by atoms with Gasteiger partial charge < -0.3 is 0 Å². The van der Waals surface area contributed by atoms with E-state index in [0.29, 0.717) is 11.9 Å². The third kappa shape index (κ3) is 3.29. The summed E-state index contributed by atoms with van der Waals surface area (Å²) in [5.74, 6) is -0.273. The average molecular weight is 359 g/mol. The second kappa shape index (κ2) is 5.64. The van der Waals surface area contributed by atoms with Crippen LogP contribution in [0.1, 0.15) is 31.0 Å². The molecule has 1 fully saturated rings. The monoisotopic (exact) mass is 359 g/mol. The lowest BCUT2D eigenvalue weighted by molar-refractivity contribution is 0.558. The van der Waals surface area contributed by atoms with E-state index in [2.05, 4.69) is 14.9 Å². The first kappa shape index (κ1) is 16.2. The Balaban J connectivity index is 1.63. The van der Waals surface area contributed by atoms with Gasteiger partial charge in [-0.3, -0.25) is 5.10 Å². The molecule has 0 saturated heterocycles. The fourth-order valence-electron chi connectivity index (χ4n) is 2.83. The van der Waals surface area contributed by atoms with Crippen LogP contribution in [0.5, 0.6) is 0 Å². The van der Waals surface area contributed by atoms with Crippen molar-refractivity contribution in [2.24, 2.45) is 0 Å². The number of hydrogen-bond acceptors (Lipinski definition) is 3. The second-order valence-corrected chi connectivity index (χ2v) is 8.53. The zero-order valence-corrected chi connectivity index (χ0v) is 14.5. The number of nitrogens with zero attached hydrogens (tertiary/aromatic N) is 1. The second-order valence-electron chi connectivity index (χ2n) is 6.85. The molecule has 25 heavy (non-hydrogen) atoms. The quantitative estimate of drug-likeness (QED) is 0.735. The van der Waals surface area contributed by atoms with Crippen LogP contribution in [0.2, 0.25) is 0 Å². The van der Waals surface area contributed by atoms with Gasteiger partial charge in [0.15, 0.2) is 0 Å². The molecular formula is C18H18FN3O2S. The molecule has 2 aromatic carbocycles. The molecule has 0 aliphatic heterocycles. The van der Waals surface area contributed by atoms with E-state index in [1.54, 1.807) is 30.3 Å². The molecule has 130 valence electrons. The molecule has 1 heterocycles. The molecule has 4 rings (SSSR count). The highest BCUT2D eigenvalue weighted by Crippen LogP contribution is 2.36. The van der Waals surface area contributed by atoms with Crippen LogP contribution < -0.4 is 4.72 Å². The molecule has 1 aromatic heterocycles. The minimum absolute atomic E-state index is 0.216. The molecule has 0 unspecified atom stereocenters. The van der Waals surface area contributed by atoms with E-state index in [1.807, 2.05) is 6.92 Å². The molecule has 1 aliphatic carbocycles. The number of fused-ring (bicyclic) bond motifs is 1. The van der Waals surface area contributed by atoms with Crippen LogP contribution in [-0.4, -0.2) is 24.2 Å². The fraction of sp³-hybridized carbons (Fsp3) is 0.278. The summed E-state index contributed by atoms with van der Waals surface area (Å²) in [4.78, 5) is 0.216. The predicted molar refractivity (Wildman–Crippen MR) is 93.3 cm³/mol. The van der Waals surface area contributed by atoms with Gasteiger partial charge in [-0.15, -0.1) is 0 Å². The Morgan fingerprint density at radius 2 is 1.92 bits per heavy atom. The van der Waals surface area contributed by atoms with Gasteiger partial charge in [-0.05, 0) is 55.7 Å². The van der Waals surface area contributed by atoms with Crippen LogP contribution in [0.3, 0.4) is 0 Å². The molecule has 0 amide bonds. The summed E-state index contributed by atoms with van der Waals surface area (Å²) in [6.07, 6.45) is 2.29. The van der Waals surface area contributed by atoms with E-state index in [9.17, 15) is 12.8 Å². The van der Waals surface area contributed by atoms with Crippen molar-refractivity contribution in [1.29, 1.82) is 0 Å². The molecule has 2 N–H and O–H groups in total. The molecule has 0 spiro atoms. The lowest BCUT2D eigenvalue weighted by Crippen LogP contribution is -2.34. The number of H-pyrrole nitrogens is 1. The Hall–Kier alpha value is -2.25. The fourth-order valence-corrected chi connectivity index (χ4v) is 4.31. The Morgan fingerprint density at radius 3 is 2.60 bits per heavy atom. The van der Waals surface area contributed by atoms with Crippen molar-refractivity contribution in [3.63, 3.8) is 0 Å². The number of halogens is 1. The third-order valence-electron chi connectivity index (χ3n) is 4.59. The van der Waals surface area contributed by atoms with E-state index in [0.717, 1.165) is 29.5 Å². The van der Waals surface area contributed by atoms with E-state index in [4.69, 9.17) is 0 Å².